The Morgan fingerprint density at radius 1 is 1.43 bits per heavy atom. The van der Waals surface area contributed by atoms with Crippen molar-refractivity contribution >= 4 is 22.8 Å². The summed E-state index contributed by atoms with van der Waals surface area (Å²) in [6.07, 6.45) is 0. The molecule has 1 N–H and O–H groups in total. The Morgan fingerprint density at radius 3 is 2.71 bits per heavy atom. The largest absolute Gasteiger partial charge is 0.481 e. The molecule has 0 fully saturated rings. The van der Waals surface area contributed by atoms with E-state index in [1.165, 1.54) is 0 Å². The van der Waals surface area contributed by atoms with Crippen LogP contribution in [0.15, 0.2) is 24.3 Å². The van der Waals surface area contributed by atoms with E-state index < -0.39 is 5.97 Å². The molecule has 0 heterocycles. The minimum absolute atomic E-state index is 0.188. The number of rotatable bonds is 3. The van der Waals surface area contributed by atoms with Crippen molar-refractivity contribution in [2.45, 2.75) is 6.92 Å². The summed E-state index contributed by atoms with van der Waals surface area (Å²) in [5.41, 5.74) is 1.54. The number of hydrogen-bond acceptors (Lipinski definition) is 3. The van der Waals surface area contributed by atoms with Gasteiger partial charge in [0.15, 0.2) is 0 Å². The molecule has 4 heteroatoms. The van der Waals surface area contributed by atoms with E-state index in [4.69, 9.17) is 5.11 Å². The van der Waals surface area contributed by atoms with Gasteiger partial charge in [-0.05, 0) is 13.0 Å². The van der Waals surface area contributed by atoms with Crippen LogP contribution in [0.2, 0.25) is 0 Å². The van der Waals surface area contributed by atoms with E-state index in [-0.39, 0.29) is 10.9 Å². The first-order chi connectivity index (χ1) is 6.59. The van der Waals surface area contributed by atoms with Crippen molar-refractivity contribution in [1.82, 2.24) is 0 Å². The fourth-order valence-corrected chi connectivity index (χ4v) is 1.53. The van der Waals surface area contributed by atoms with Crippen LogP contribution < -0.4 is 0 Å². The molecule has 74 valence electrons. The highest BCUT2D eigenvalue weighted by Gasteiger charge is 2.08. The van der Waals surface area contributed by atoms with E-state index >= 15 is 0 Å². The molecule has 1 aromatic rings. The van der Waals surface area contributed by atoms with Crippen molar-refractivity contribution in [3.05, 3.63) is 35.4 Å². The zero-order valence-electron chi connectivity index (χ0n) is 7.69. The molecule has 0 saturated carbocycles. The second kappa shape index (κ2) is 4.81. The zero-order valence-corrected chi connectivity index (χ0v) is 8.50. The molecule has 0 aliphatic carbocycles. The predicted octanol–water partition coefficient (Wildman–Crippen LogP) is 1.95. The summed E-state index contributed by atoms with van der Waals surface area (Å²) in [7, 11) is 0. The van der Waals surface area contributed by atoms with Crippen LogP contribution >= 0.6 is 11.8 Å². The monoisotopic (exact) mass is 210 g/mol. The van der Waals surface area contributed by atoms with Gasteiger partial charge in [-0.1, -0.05) is 35.5 Å². The first kappa shape index (κ1) is 10.8. The second-order valence-corrected chi connectivity index (χ2v) is 3.79. The number of carbonyl (C=O) groups is 2. The molecule has 0 aromatic heterocycles. The number of carbonyl (C=O) groups excluding carboxylic acids is 1. The number of carboxylic acid groups (broad SMARTS) is 1. The number of aliphatic carboxylic acids is 1. The lowest BCUT2D eigenvalue weighted by molar-refractivity contribution is -0.133. The maximum absolute atomic E-state index is 11.4. The van der Waals surface area contributed by atoms with Gasteiger partial charge in [0.2, 0.25) is 5.12 Å². The van der Waals surface area contributed by atoms with Crippen LogP contribution in [0.4, 0.5) is 0 Å². The average Bonchev–Trinajstić information content (AvgIpc) is 2.14. The molecule has 0 atom stereocenters. The molecule has 0 aliphatic rings. The number of aryl methyl sites for hydroxylation is 1. The van der Waals surface area contributed by atoms with E-state index in [0.717, 1.165) is 17.3 Å². The van der Waals surface area contributed by atoms with Crippen LogP contribution in [0.25, 0.3) is 0 Å². The topological polar surface area (TPSA) is 54.4 Å². The van der Waals surface area contributed by atoms with Crippen molar-refractivity contribution in [1.29, 1.82) is 0 Å². The summed E-state index contributed by atoms with van der Waals surface area (Å²) >= 11 is 0.808. The Hall–Kier alpha value is -1.29. The molecule has 0 saturated heterocycles. The van der Waals surface area contributed by atoms with Gasteiger partial charge in [-0.2, -0.15) is 0 Å². The smallest absolute Gasteiger partial charge is 0.313 e. The van der Waals surface area contributed by atoms with Crippen LogP contribution in [-0.4, -0.2) is 21.9 Å². The molecule has 1 aromatic carbocycles. The predicted molar refractivity (Wildman–Crippen MR) is 55.6 cm³/mol. The standard InChI is InChI=1S/C10H10O3S/c1-7-3-2-4-8(5-7)10(13)14-6-9(11)12/h2-5H,6H2,1H3,(H,11,12). The quantitative estimate of drug-likeness (QED) is 0.828. The van der Waals surface area contributed by atoms with E-state index in [1.54, 1.807) is 18.2 Å². The Bertz CT molecular complexity index is 360. The first-order valence-electron chi connectivity index (χ1n) is 4.05. The second-order valence-electron chi connectivity index (χ2n) is 2.84. The average molecular weight is 210 g/mol. The maximum atomic E-state index is 11.4. The van der Waals surface area contributed by atoms with Crippen molar-refractivity contribution in [2.75, 3.05) is 5.75 Å². The van der Waals surface area contributed by atoms with E-state index in [2.05, 4.69) is 0 Å². The van der Waals surface area contributed by atoms with Crippen molar-refractivity contribution < 1.29 is 14.7 Å². The van der Waals surface area contributed by atoms with Crippen molar-refractivity contribution in [3.63, 3.8) is 0 Å². The number of benzene rings is 1. The van der Waals surface area contributed by atoms with Crippen molar-refractivity contribution in [2.24, 2.45) is 0 Å². The molecule has 14 heavy (non-hydrogen) atoms. The zero-order chi connectivity index (χ0) is 10.6. The number of thioether (sulfide) groups is 1. The van der Waals surface area contributed by atoms with Gasteiger partial charge in [0.25, 0.3) is 0 Å². The lowest BCUT2D eigenvalue weighted by Crippen LogP contribution is -2.03. The summed E-state index contributed by atoms with van der Waals surface area (Å²) < 4.78 is 0. The highest BCUT2D eigenvalue weighted by molar-refractivity contribution is 8.14. The van der Waals surface area contributed by atoms with Gasteiger partial charge in [0, 0.05) is 5.56 Å². The third-order valence-corrected chi connectivity index (χ3v) is 2.47. The lowest BCUT2D eigenvalue weighted by Gasteiger charge is -1.99. The normalized spacial score (nSPS) is 9.79. The fourth-order valence-electron chi connectivity index (χ4n) is 0.983. The van der Waals surface area contributed by atoms with Gasteiger partial charge < -0.3 is 5.11 Å². The molecular weight excluding hydrogens is 200 g/mol. The fraction of sp³-hybridized carbons (Fsp3) is 0.200. The Balaban J connectivity index is 2.65. The molecule has 0 bridgehead atoms. The summed E-state index contributed by atoms with van der Waals surface area (Å²) in [5, 5.41) is 8.19. The summed E-state index contributed by atoms with van der Waals surface area (Å²) in [5.74, 6) is -1.16. The Kier molecular flexibility index (Phi) is 3.71. The molecule has 0 unspecified atom stereocenters. The first-order valence-corrected chi connectivity index (χ1v) is 5.04. The number of hydrogen-bond donors (Lipinski definition) is 1. The van der Waals surface area contributed by atoms with Crippen molar-refractivity contribution in [3.8, 4) is 0 Å². The van der Waals surface area contributed by atoms with Gasteiger partial charge in [0.05, 0.1) is 5.75 Å². The molecule has 0 amide bonds. The highest BCUT2D eigenvalue weighted by atomic mass is 32.2. The van der Waals surface area contributed by atoms with Crippen LogP contribution in [-0.2, 0) is 4.79 Å². The Morgan fingerprint density at radius 2 is 2.14 bits per heavy atom. The minimum atomic E-state index is -0.976. The molecule has 0 aliphatic heterocycles. The van der Waals surface area contributed by atoms with E-state index in [9.17, 15) is 9.59 Å². The van der Waals surface area contributed by atoms with Gasteiger partial charge in [-0.15, -0.1) is 0 Å². The minimum Gasteiger partial charge on any atom is -0.481 e. The summed E-state index contributed by atoms with van der Waals surface area (Å²) in [6.45, 7) is 1.89. The molecule has 0 radical (unpaired) electrons. The van der Waals surface area contributed by atoms with Gasteiger partial charge in [-0.3, -0.25) is 9.59 Å². The molecule has 1 rings (SSSR count). The third-order valence-electron chi connectivity index (χ3n) is 1.58. The number of carboxylic acids is 1. The maximum Gasteiger partial charge on any atom is 0.313 e. The van der Waals surface area contributed by atoms with Crippen LogP contribution in [0, 0.1) is 6.92 Å². The molecular formula is C10H10O3S. The van der Waals surface area contributed by atoms with E-state index in [1.807, 2.05) is 13.0 Å². The summed E-state index contributed by atoms with van der Waals surface area (Å²) in [4.78, 5) is 21.6. The van der Waals surface area contributed by atoms with Gasteiger partial charge in [0.1, 0.15) is 0 Å². The SMILES string of the molecule is Cc1cccc(C(=O)SCC(=O)O)c1. The highest BCUT2D eigenvalue weighted by Crippen LogP contribution is 2.13. The van der Waals surface area contributed by atoms with Crippen LogP contribution in [0.3, 0.4) is 0 Å². The Labute approximate surface area is 86.1 Å². The molecule has 0 spiro atoms. The van der Waals surface area contributed by atoms with Gasteiger partial charge >= 0.3 is 5.97 Å². The third kappa shape index (κ3) is 3.22. The van der Waals surface area contributed by atoms with Crippen LogP contribution in [0.1, 0.15) is 15.9 Å². The summed E-state index contributed by atoms with van der Waals surface area (Å²) in [6, 6.07) is 7.10. The van der Waals surface area contributed by atoms with Gasteiger partial charge in [-0.25, -0.2) is 0 Å². The molecule has 3 nitrogen and oxygen atoms in total. The van der Waals surface area contributed by atoms with Crippen LogP contribution in [0.5, 0.6) is 0 Å². The lowest BCUT2D eigenvalue weighted by atomic mass is 10.2. The van der Waals surface area contributed by atoms with E-state index in [0.29, 0.717) is 5.56 Å².